The first kappa shape index (κ1) is 27.3. The molecule has 0 spiro atoms. The Kier molecular flexibility index (Phi) is 8.05. The topological polar surface area (TPSA) is 3.24 Å². The van der Waals surface area contributed by atoms with Gasteiger partial charge in [0.2, 0.25) is 0 Å². The second-order valence-corrected chi connectivity index (χ2v) is 11.9. The van der Waals surface area contributed by atoms with E-state index in [2.05, 4.69) is 126 Å². The zero-order valence-electron chi connectivity index (χ0n) is 23.5. The number of aryl methyl sites for hydroxylation is 1. The smallest absolute Gasteiger partial charge is 0.0469 e. The third-order valence-corrected chi connectivity index (χ3v) is 8.74. The molecule has 2 aromatic rings. The van der Waals surface area contributed by atoms with Crippen molar-refractivity contribution >= 4 is 17.3 Å². The molecular weight excluding hydrogens is 470 g/mol. The first-order valence-corrected chi connectivity index (χ1v) is 14.1. The zero-order chi connectivity index (χ0) is 26.8. The van der Waals surface area contributed by atoms with Crippen LogP contribution in [0.25, 0.3) is 0 Å². The molecular formula is C35H42ClN. The van der Waals surface area contributed by atoms with Crippen molar-refractivity contribution in [1.29, 1.82) is 0 Å². The molecule has 2 aliphatic rings. The minimum atomic E-state index is -0.140. The van der Waals surface area contributed by atoms with Crippen LogP contribution in [0.4, 0.5) is 5.69 Å². The van der Waals surface area contributed by atoms with Crippen molar-refractivity contribution in [3.63, 3.8) is 0 Å². The van der Waals surface area contributed by atoms with Gasteiger partial charge in [0.25, 0.3) is 0 Å². The van der Waals surface area contributed by atoms with E-state index in [1.807, 2.05) is 0 Å². The van der Waals surface area contributed by atoms with Crippen LogP contribution in [0.2, 0.25) is 0 Å². The van der Waals surface area contributed by atoms with Crippen LogP contribution in [0, 0.1) is 6.92 Å². The molecule has 37 heavy (non-hydrogen) atoms. The number of benzene rings is 2. The van der Waals surface area contributed by atoms with Crippen molar-refractivity contribution in [2.45, 2.75) is 78.1 Å². The molecule has 1 nitrogen and oxygen atoms in total. The molecule has 0 saturated carbocycles. The van der Waals surface area contributed by atoms with E-state index >= 15 is 0 Å². The molecule has 0 N–H and O–H groups in total. The van der Waals surface area contributed by atoms with Gasteiger partial charge in [-0.2, -0.15) is 0 Å². The van der Waals surface area contributed by atoms with Gasteiger partial charge in [0.15, 0.2) is 0 Å². The van der Waals surface area contributed by atoms with Gasteiger partial charge in [-0.3, -0.25) is 0 Å². The molecule has 0 amide bonds. The van der Waals surface area contributed by atoms with E-state index in [-0.39, 0.29) is 10.8 Å². The Morgan fingerprint density at radius 3 is 2.49 bits per heavy atom. The number of hydrogen-bond acceptors (Lipinski definition) is 1. The molecule has 2 heteroatoms. The number of rotatable bonds is 7. The molecule has 1 heterocycles. The van der Waals surface area contributed by atoms with Crippen molar-refractivity contribution in [3.05, 3.63) is 124 Å². The van der Waals surface area contributed by atoms with Gasteiger partial charge in [-0.25, -0.2) is 0 Å². The Balaban J connectivity index is 1.62. The van der Waals surface area contributed by atoms with Gasteiger partial charge in [0.05, 0.1) is 0 Å². The fraction of sp³-hybridized carbons (Fsp3) is 0.371. The molecule has 1 aliphatic heterocycles. The van der Waals surface area contributed by atoms with Gasteiger partial charge in [0, 0.05) is 33.8 Å². The molecule has 0 unspecified atom stereocenters. The molecule has 194 valence electrons. The zero-order valence-corrected chi connectivity index (χ0v) is 24.3. The van der Waals surface area contributed by atoms with Gasteiger partial charge in [-0.15, -0.1) is 0 Å². The second kappa shape index (κ2) is 10.9. The summed E-state index contributed by atoms with van der Waals surface area (Å²) in [6.07, 6.45) is 13.2. The fourth-order valence-electron chi connectivity index (χ4n) is 5.85. The van der Waals surface area contributed by atoms with Crippen molar-refractivity contribution in [2.24, 2.45) is 0 Å². The quantitative estimate of drug-likeness (QED) is 0.334. The Morgan fingerprint density at radius 2 is 1.76 bits per heavy atom. The van der Waals surface area contributed by atoms with Crippen LogP contribution < -0.4 is 4.90 Å². The maximum atomic E-state index is 7.02. The largest absolute Gasteiger partial charge is 0.344 e. The molecule has 0 aromatic heterocycles. The summed E-state index contributed by atoms with van der Waals surface area (Å²) in [5, 5.41) is 0.899. The Labute approximate surface area is 229 Å². The van der Waals surface area contributed by atoms with E-state index in [0.29, 0.717) is 0 Å². The summed E-state index contributed by atoms with van der Waals surface area (Å²) in [7, 11) is 0. The highest BCUT2D eigenvalue weighted by atomic mass is 35.5. The lowest BCUT2D eigenvalue weighted by Crippen LogP contribution is -2.26. The van der Waals surface area contributed by atoms with Gasteiger partial charge >= 0.3 is 0 Å². The van der Waals surface area contributed by atoms with Crippen molar-refractivity contribution in [3.8, 4) is 0 Å². The predicted molar refractivity (Wildman–Crippen MR) is 162 cm³/mol. The number of anilines is 1. The lowest BCUT2D eigenvalue weighted by molar-refractivity contribution is 0.629. The first-order chi connectivity index (χ1) is 17.6. The number of halogens is 1. The van der Waals surface area contributed by atoms with E-state index < -0.39 is 0 Å². The Bertz CT molecular complexity index is 1300. The molecule has 0 saturated heterocycles. The normalized spacial score (nSPS) is 19.8. The number of hydrogen-bond donors (Lipinski definition) is 0. The monoisotopic (exact) mass is 511 g/mol. The molecule has 1 aliphatic carbocycles. The van der Waals surface area contributed by atoms with Crippen molar-refractivity contribution in [1.82, 2.24) is 0 Å². The summed E-state index contributed by atoms with van der Waals surface area (Å²) in [6, 6.07) is 17.4. The highest BCUT2D eigenvalue weighted by Gasteiger charge is 2.39. The van der Waals surface area contributed by atoms with Crippen LogP contribution in [0.1, 0.15) is 77.0 Å². The Morgan fingerprint density at radius 1 is 1.05 bits per heavy atom. The lowest BCUT2D eigenvalue weighted by Gasteiger charge is -2.28. The highest BCUT2D eigenvalue weighted by Crippen LogP contribution is 2.48. The van der Waals surface area contributed by atoms with Crippen LogP contribution in [0.15, 0.2) is 107 Å². The third kappa shape index (κ3) is 5.30. The minimum Gasteiger partial charge on any atom is -0.344 e. The highest BCUT2D eigenvalue weighted by molar-refractivity contribution is 6.32. The van der Waals surface area contributed by atoms with Gasteiger partial charge in [-0.05, 0) is 78.2 Å². The van der Waals surface area contributed by atoms with Gasteiger partial charge < -0.3 is 4.90 Å². The van der Waals surface area contributed by atoms with Gasteiger partial charge in [0.1, 0.15) is 0 Å². The summed E-state index contributed by atoms with van der Waals surface area (Å²) in [5.74, 6) is 0. The van der Waals surface area contributed by atoms with Crippen LogP contribution >= 0.6 is 11.6 Å². The van der Waals surface area contributed by atoms with Crippen molar-refractivity contribution in [2.75, 3.05) is 11.4 Å². The summed E-state index contributed by atoms with van der Waals surface area (Å²) in [5.41, 5.74) is 10.1. The van der Waals surface area contributed by atoms with E-state index in [1.165, 1.54) is 39.2 Å². The third-order valence-electron chi connectivity index (χ3n) is 8.25. The van der Waals surface area contributed by atoms with Crippen LogP contribution in [0.5, 0.6) is 0 Å². The van der Waals surface area contributed by atoms with E-state index in [1.54, 1.807) is 0 Å². The maximum absolute atomic E-state index is 7.02. The van der Waals surface area contributed by atoms with Crippen molar-refractivity contribution < 1.29 is 0 Å². The lowest BCUT2D eigenvalue weighted by atomic mass is 9.76. The number of para-hydroxylation sites is 1. The second-order valence-electron chi connectivity index (χ2n) is 11.5. The van der Waals surface area contributed by atoms with Gasteiger partial charge in [-0.1, -0.05) is 113 Å². The number of fused-ring (bicyclic) bond motifs is 1. The summed E-state index contributed by atoms with van der Waals surface area (Å²) in [4.78, 5) is 2.49. The summed E-state index contributed by atoms with van der Waals surface area (Å²) in [6.45, 7) is 19.0. The number of allylic oxidation sites excluding steroid dienone is 9. The SMILES string of the molecule is C=C(/C=C/C1=C(Cl)C(=C/C=C2\N(CCC)c3ccccc3C2(C)C)/CCC1)C(C)(C)c1ccccc1C. The number of nitrogens with zero attached hydrogens (tertiary/aromatic N) is 1. The molecule has 0 fully saturated rings. The molecule has 2 aromatic carbocycles. The molecule has 0 atom stereocenters. The standard InChI is InChI=1S/C35H42ClN/c1-8-24-37-31-19-12-11-18-30(31)35(6,7)32(37)23-22-28-16-13-15-27(33(28)36)21-20-26(3)34(4,5)29-17-10-9-14-25(29)2/h9-12,14,17-23H,3,8,13,15-16,24H2,1-2,4-7H3/b21-20+,28-22+,32-23-. The predicted octanol–water partition coefficient (Wildman–Crippen LogP) is 10.1. The summed E-state index contributed by atoms with van der Waals surface area (Å²) >= 11 is 7.02. The van der Waals surface area contributed by atoms with E-state index in [4.69, 9.17) is 11.6 Å². The Hall–Kier alpha value is -2.77. The minimum absolute atomic E-state index is 0.0324. The molecule has 0 radical (unpaired) electrons. The summed E-state index contributed by atoms with van der Waals surface area (Å²) < 4.78 is 0. The fourth-order valence-corrected chi connectivity index (χ4v) is 6.16. The van der Waals surface area contributed by atoms with Crippen LogP contribution in [-0.2, 0) is 10.8 Å². The molecule has 4 rings (SSSR count). The maximum Gasteiger partial charge on any atom is 0.0469 e. The average Bonchev–Trinajstić information content (AvgIpc) is 3.09. The average molecular weight is 512 g/mol. The van der Waals surface area contributed by atoms with E-state index in [0.717, 1.165) is 42.8 Å². The first-order valence-electron chi connectivity index (χ1n) is 13.7. The van der Waals surface area contributed by atoms with Crippen LogP contribution in [-0.4, -0.2) is 6.54 Å². The van der Waals surface area contributed by atoms with Crippen LogP contribution in [0.3, 0.4) is 0 Å². The van der Waals surface area contributed by atoms with E-state index in [9.17, 15) is 0 Å². The molecule has 0 bridgehead atoms.